The molecule has 1 N–H and O–H groups in total. The molecule has 0 amide bonds. The van der Waals surface area contributed by atoms with Gasteiger partial charge in [0.25, 0.3) is 0 Å². The average Bonchev–Trinajstić information content (AvgIpc) is 3.04. The van der Waals surface area contributed by atoms with Gasteiger partial charge in [0.2, 0.25) is 0 Å². The lowest BCUT2D eigenvalue weighted by molar-refractivity contribution is 0.685. The van der Waals surface area contributed by atoms with E-state index in [4.69, 9.17) is 0 Å². The van der Waals surface area contributed by atoms with Gasteiger partial charge in [-0.1, -0.05) is 28.1 Å². The number of hydrogen-bond acceptors (Lipinski definition) is 3. The van der Waals surface area contributed by atoms with Gasteiger partial charge in [0.05, 0.1) is 5.69 Å². The number of nitrogens with zero attached hydrogens (tertiary/aromatic N) is 1. The Kier molecular flexibility index (Phi) is 3.27. The predicted molar refractivity (Wildman–Crippen MR) is 75.1 cm³/mol. The summed E-state index contributed by atoms with van der Waals surface area (Å²) in [4.78, 5) is 4.66. The van der Waals surface area contributed by atoms with Crippen LogP contribution in [0.15, 0.2) is 34.1 Å². The first-order valence-corrected chi connectivity index (χ1v) is 7.42. The molecule has 88 valence electrons. The van der Waals surface area contributed by atoms with E-state index in [1.54, 1.807) is 11.3 Å². The maximum absolute atomic E-state index is 4.66. The lowest BCUT2D eigenvalue weighted by Crippen LogP contribution is -2.14. The van der Waals surface area contributed by atoms with Crippen molar-refractivity contribution in [2.45, 2.75) is 25.4 Å². The Labute approximate surface area is 113 Å². The van der Waals surface area contributed by atoms with Crippen LogP contribution in [0.25, 0.3) is 11.3 Å². The maximum Gasteiger partial charge on any atom is 0.107 e. The van der Waals surface area contributed by atoms with Crippen molar-refractivity contribution in [2.24, 2.45) is 0 Å². The van der Waals surface area contributed by atoms with Crippen molar-refractivity contribution in [2.75, 3.05) is 0 Å². The molecule has 0 atom stereocenters. The zero-order chi connectivity index (χ0) is 11.7. The van der Waals surface area contributed by atoms with E-state index in [0.29, 0.717) is 0 Å². The van der Waals surface area contributed by atoms with Crippen molar-refractivity contribution < 1.29 is 0 Å². The van der Waals surface area contributed by atoms with Gasteiger partial charge in [0, 0.05) is 28.0 Å². The van der Waals surface area contributed by atoms with E-state index >= 15 is 0 Å². The Morgan fingerprint density at radius 2 is 2.29 bits per heavy atom. The molecule has 2 nitrogen and oxygen atoms in total. The monoisotopic (exact) mass is 308 g/mol. The molecule has 0 spiro atoms. The van der Waals surface area contributed by atoms with Crippen molar-refractivity contribution >= 4 is 27.3 Å². The molecule has 1 aliphatic carbocycles. The molecule has 1 saturated carbocycles. The van der Waals surface area contributed by atoms with E-state index in [-0.39, 0.29) is 0 Å². The third-order valence-electron chi connectivity index (χ3n) is 2.79. The van der Waals surface area contributed by atoms with Crippen LogP contribution in [0, 0.1) is 0 Å². The van der Waals surface area contributed by atoms with E-state index in [1.807, 2.05) is 12.1 Å². The molecule has 4 heteroatoms. The topological polar surface area (TPSA) is 24.9 Å². The second-order valence-electron chi connectivity index (χ2n) is 4.29. The summed E-state index contributed by atoms with van der Waals surface area (Å²) >= 11 is 5.22. The molecule has 1 fully saturated rings. The van der Waals surface area contributed by atoms with Gasteiger partial charge in [-0.25, -0.2) is 4.98 Å². The SMILES string of the molecule is Brc1cccc(-c2csc(CNC3CC3)n2)c1. The van der Waals surface area contributed by atoms with E-state index in [9.17, 15) is 0 Å². The molecule has 1 aromatic heterocycles. The summed E-state index contributed by atoms with van der Waals surface area (Å²) in [5.74, 6) is 0. The highest BCUT2D eigenvalue weighted by Crippen LogP contribution is 2.25. The van der Waals surface area contributed by atoms with E-state index in [2.05, 4.69) is 43.7 Å². The molecule has 0 saturated heterocycles. The summed E-state index contributed by atoms with van der Waals surface area (Å²) in [6.45, 7) is 0.906. The largest absolute Gasteiger partial charge is 0.308 e. The smallest absolute Gasteiger partial charge is 0.107 e. The molecule has 1 aliphatic rings. The summed E-state index contributed by atoms with van der Waals surface area (Å²) in [6, 6.07) is 9.02. The Hall–Kier alpha value is -0.710. The third-order valence-corrected chi connectivity index (χ3v) is 4.13. The highest BCUT2D eigenvalue weighted by atomic mass is 79.9. The van der Waals surface area contributed by atoms with Gasteiger partial charge in [-0.15, -0.1) is 11.3 Å². The third kappa shape index (κ3) is 2.94. The van der Waals surface area contributed by atoms with Crippen molar-refractivity contribution in [3.05, 3.63) is 39.1 Å². The molecule has 2 aromatic rings. The number of aromatic nitrogens is 1. The lowest BCUT2D eigenvalue weighted by atomic mass is 10.2. The Morgan fingerprint density at radius 3 is 3.06 bits per heavy atom. The standard InChI is InChI=1S/C13H13BrN2S/c14-10-3-1-2-9(6-10)12-8-17-13(16-12)7-15-11-4-5-11/h1-3,6,8,11,15H,4-5,7H2. The van der Waals surface area contributed by atoms with Gasteiger partial charge in [-0.3, -0.25) is 0 Å². The van der Waals surface area contributed by atoms with Crippen LogP contribution in [-0.4, -0.2) is 11.0 Å². The molecule has 0 aliphatic heterocycles. The van der Waals surface area contributed by atoms with Gasteiger partial charge in [-0.2, -0.15) is 0 Å². The fourth-order valence-corrected chi connectivity index (χ4v) is 2.84. The first-order chi connectivity index (χ1) is 8.31. The van der Waals surface area contributed by atoms with Crippen molar-refractivity contribution in [3.8, 4) is 11.3 Å². The minimum Gasteiger partial charge on any atom is -0.308 e. The summed E-state index contributed by atoms with van der Waals surface area (Å²) in [5, 5.41) is 6.79. The fourth-order valence-electron chi connectivity index (χ4n) is 1.69. The first-order valence-electron chi connectivity index (χ1n) is 5.75. The number of hydrogen-bond donors (Lipinski definition) is 1. The molecule has 1 heterocycles. The Morgan fingerprint density at radius 1 is 1.41 bits per heavy atom. The van der Waals surface area contributed by atoms with Gasteiger partial charge >= 0.3 is 0 Å². The molecule has 0 unspecified atom stereocenters. The van der Waals surface area contributed by atoms with Gasteiger partial charge in [0.1, 0.15) is 5.01 Å². The Balaban J connectivity index is 1.74. The summed E-state index contributed by atoms with van der Waals surface area (Å²) in [6.07, 6.45) is 2.65. The normalized spacial score (nSPS) is 15.1. The zero-order valence-electron chi connectivity index (χ0n) is 9.32. The first kappa shape index (κ1) is 11.4. The summed E-state index contributed by atoms with van der Waals surface area (Å²) < 4.78 is 1.10. The average molecular weight is 309 g/mol. The van der Waals surface area contributed by atoms with Crippen LogP contribution < -0.4 is 5.32 Å². The molecule has 0 bridgehead atoms. The number of rotatable bonds is 4. The van der Waals surface area contributed by atoms with Crippen LogP contribution in [0.4, 0.5) is 0 Å². The van der Waals surface area contributed by atoms with Crippen LogP contribution in [0.2, 0.25) is 0 Å². The second kappa shape index (κ2) is 4.88. The van der Waals surface area contributed by atoms with Crippen molar-refractivity contribution in [1.29, 1.82) is 0 Å². The summed E-state index contributed by atoms with van der Waals surface area (Å²) in [7, 11) is 0. The van der Waals surface area contributed by atoms with Crippen LogP contribution in [-0.2, 0) is 6.54 Å². The fraction of sp³-hybridized carbons (Fsp3) is 0.308. The molecule has 0 radical (unpaired) electrons. The van der Waals surface area contributed by atoms with Crippen LogP contribution in [0.3, 0.4) is 0 Å². The van der Waals surface area contributed by atoms with Gasteiger partial charge < -0.3 is 5.32 Å². The van der Waals surface area contributed by atoms with E-state index in [0.717, 1.165) is 22.8 Å². The molecule has 17 heavy (non-hydrogen) atoms. The van der Waals surface area contributed by atoms with E-state index in [1.165, 1.54) is 23.4 Å². The molecule has 1 aromatic carbocycles. The lowest BCUT2D eigenvalue weighted by Gasteiger charge is -1.98. The van der Waals surface area contributed by atoms with Crippen LogP contribution >= 0.6 is 27.3 Å². The number of benzene rings is 1. The molecular formula is C13H13BrN2S. The predicted octanol–water partition coefficient (Wildman–Crippen LogP) is 3.82. The zero-order valence-corrected chi connectivity index (χ0v) is 11.7. The van der Waals surface area contributed by atoms with Crippen molar-refractivity contribution in [1.82, 2.24) is 10.3 Å². The number of halogens is 1. The van der Waals surface area contributed by atoms with Gasteiger partial charge in [0.15, 0.2) is 0 Å². The van der Waals surface area contributed by atoms with Crippen LogP contribution in [0.5, 0.6) is 0 Å². The minimum absolute atomic E-state index is 0.744. The number of nitrogens with one attached hydrogen (secondary N) is 1. The van der Waals surface area contributed by atoms with E-state index < -0.39 is 0 Å². The summed E-state index contributed by atoms with van der Waals surface area (Å²) in [5.41, 5.74) is 2.25. The van der Waals surface area contributed by atoms with Crippen LogP contribution in [0.1, 0.15) is 17.8 Å². The van der Waals surface area contributed by atoms with Gasteiger partial charge in [-0.05, 0) is 25.0 Å². The highest BCUT2D eigenvalue weighted by molar-refractivity contribution is 9.10. The minimum atomic E-state index is 0.744. The number of thiazole rings is 1. The maximum atomic E-state index is 4.66. The Bertz CT molecular complexity index is 520. The second-order valence-corrected chi connectivity index (χ2v) is 6.15. The molecule has 3 rings (SSSR count). The molecular weight excluding hydrogens is 296 g/mol. The highest BCUT2D eigenvalue weighted by Gasteiger charge is 2.20. The quantitative estimate of drug-likeness (QED) is 0.928. The van der Waals surface area contributed by atoms with Crippen molar-refractivity contribution in [3.63, 3.8) is 0 Å².